The summed E-state index contributed by atoms with van der Waals surface area (Å²) in [5.41, 5.74) is 4.83. The molecule has 4 heteroatoms. The monoisotopic (exact) mass is 355 g/mol. The Balaban J connectivity index is 1.69. The number of nitrogens with zero attached hydrogens (tertiary/aromatic N) is 1. The Labute approximate surface area is 150 Å². The van der Waals surface area contributed by atoms with Crippen LogP contribution in [0.2, 0.25) is 0 Å². The minimum atomic E-state index is -3.45. The van der Waals surface area contributed by atoms with Gasteiger partial charge in [-0.05, 0) is 74.3 Å². The smallest absolute Gasteiger partial charge is 0.207 e. The van der Waals surface area contributed by atoms with Gasteiger partial charge in [0.15, 0.2) is 0 Å². The van der Waals surface area contributed by atoms with Crippen LogP contribution in [-0.2, 0) is 22.9 Å². The van der Waals surface area contributed by atoms with Crippen LogP contribution in [0.3, 0.4) is 0 Å². The van der Waals surface area contributed by atoms with E-state index in [-0.39, 0.29) is 6.04 Å². The summed E-state index contributed by atoms with van der Waals surface area (Å²) in [6.07, 6.45) is 6.26. The summed E-state index contributed by atoms with van der Waals surface area (Å²) in [5.74, 6) is 0. The van der Waals surface area contributed by atoms with Crippen LogP contribution in [0.15, 0.2) is 47.4 Å². The van der Waals surface area contributed by atoms with Crippen molar-refractivity contribution in [1.82, 2.24) is 4.31 Å². The van der Waals surface area contributed by atoms with E-state index in [0.717, 1.165) is 37.7 Å². The first-order valence-electron chi connectivity index (χ1n) is 9.26. The molecule has 1 aliphatic heterocycles. The fraction of sp³-hybridized carbons (Fsp3) is 0.429. The van der Waals surface area contributed by atoms with Gasteiger partial charge in [-0.25, -0.2) is 8.42 Å². The van der Waals surface area contributed by atoms with Crippen LogP contribution in [-0.4, -0.2) is 19.3 Å². The molecule has 1 atom stereocenters. The summed E-state index contributed by atoms with van der Waals surface area (Å²) in [6.45, 7) is 2.67. The molecule has 0 aromatic heterocycles. The summed E-state index contributed by atoms with van der Waals surface area (Å²) in [4.78, 5) is 0.465. The molecular weight excluding hydrogens is 330 g/mol. The number of sulfonamides is 1. The first-order valence-corrected chi connectivity index (χ1v) is 10.7. The molecule has 2 aromatic carbocycles. The van der Waals surface area contributed by atoms with Gasteiger partial charge >= 0.3 is 0 Å². The first-order chi connectivity index (χ1) is 12.1. The zero-order chi connectivity index (χ0) is 17.4. The van der Waals surface area contributed by atoms with Crippen LogP contribution < -0.4 is 0 Å². The zero-order valence-electron chi connectivity index (χ0n) is 14.7. The van der Waals surface area contributed by atoms with E-state index >= 15 is 0 Å². The minimum Gasteiger partial charge on any atom is -0.207 e. The van der Waals surface area contributed by atoms with Crippen molar-refractivity contribution >= 4 is 10.0 Å². The Bertz CT molecular complexity index is 889. The Morgan fingerprint density at radius 1 is 0.960 bits per heavy atom. The number of fused-ring (bicyclic) bond motifs is 1. The molecule has 1 fully saturated rings. The van der Waals surface area contributed by atoms with E-state index in [1.165, 1.54) is 23.1 Å². The summed E-state index contributed by atoms with van der Waals surface area (Å²) >= 11 is 0. The molecule has 2 aliphatic rings. The Morgan fingerprint density at radius 2 is 1.76 bits per heavy atom. The average Bonchev–Trinajstić information content (AvgIpc) is 3.12. The maximum Gasteiger partial charge on any atom is 0.243 e. The molecule has 1 aliphatic carbocycles. The van der Waals surface area contributed by atoms with Crippen molar-refractivity contribution < 1.29 is 8.42 Å². The third-order valence-corrected chi connectivity index (χ3v) is 7.46. The van der Waals surface area contributed by atoms with Gasteiger partial charge in [0.25, 0.3) is 0 Å². The van der Waals surface area contributed by atoms with Crippen molar-refractivity contribution in [1.29, 1.82) is 0 Å². The molecular formula is C21H25NO2S. The van der Waals surface area contributed by atoms with Crippen LogP contribution in [0.4, 0.5) is 0 Å². The van der Waals surface area contributed by atoms with Gasteiger partial charge < -0.3 is 0 Å². The van der Waals surface area contributed by atoms with Crippen molar-refractivity contribution in [3.05, 3.63) is 64.7 Å². The number of hydrogen-bond acceptors (Lipinski definition) is 2. The third-order valence-electron chi connectivity index (χ3n) is 5.56. The third kappa shape index (κ3) is 3.13. The number of aryl methyl sites for hydroxylation is 3. The van der Waals surface area contributed by atoms with Crippen molar-refractivity contribution in [2.45, 2.75) is 56.4 Å². The number of rotatable bonds is 3. The quantitative estimate of drug-likeness (QED) is 0.818. The lowest BCUT2D eigenvalue weighted by Gasteiger charge is -2.25. The summed E-state index contributed by atoms with van der Waals surface area (Å²) < 4.78 is 28.3. The average molecular weight is 356 g/mol. The van der Waals surface area contributed by atoms with Crippen molar-refractivity contribution in [2.75, 3.05) is 6.54 Å². The van der Waals surface area contributed by atoms with E-state index in [1.54, 1.807) is 4.31 Å². The summed E-state index contributed by atoms with van der Waals surface area (Å²) in [6, 6.07) is 14.0. The highest BCUT2D eigenvalue weighted by Crippen LogP contribution is 2.37. The molecule has 0 spiro atoms. The second-order valence-corrected chi connectivity index (χ2v) is 9.22. The fourth-order valence-electron chi connectivity index (χ4n) is 4.24. The van der Waals surface area contributed by atoms with Gasteiger partial charge in [-0.2, -0.15) is 4.31 Å². The molecule has 2 aromatic rings. The van der Waals surface area contributed by atoms with E-state index in [0.29, 0.717) is 11.4 Å². The largest absolute Gasteiger partial charge is 0.243 e. The van der Waals surface area contributed by atoms with Crippen LogP contribution in [0.1, 0.15) is 54.0 Å². The fourth-order valence-corrected chi connectivity index (χ4v) is 5.98. The molecule has 0 radical (unpaired) electrons. The van der Waals surface area contributed by atoms with E-state index in [9.17, 15) is 8.42 Å². The predicted octanol–water partition coefficient (Wildman–Crippen LogP) is 4.40. The van der Waals surface area contributed by atoms with Gasteiger partial charge in [-0.1, -0.05) is 35.9 Å². The van der Waals surface area contributed by atoms with Crippen LogP contribution in [0.25, 0.3) is 0 Å². The Hall–Kier alpha value is -1.65. The molecule has 0 amide bonds. The van der Waals surface area contributed by atoms with E-state index in [1.807, 2.05) is 24.3 Å². The molecule has 1 saturated heterocycles. The lowest BCUT2D eigenvalue weighted by Crippen LogP contribution is -2.31. The first kappa shape index (κ1) is 16.8. The van der Waals surface area contributed by atoms with Crippen molar-refractivity contribution in [3.8, 4) is 0 Å². The normalized spacial score (nSPS) is 21.2. The van der Waals surface area contributed by atoms with Crippen LogP contribution in [0, 0.1) is 6.92 Å². The highest BCUT2D eigenvalue weighted by molar-refractivity contribution is 7.89. The van der Waals surface area contributed by atoms with E-state index in [2.05, 4.69) is 25.1 Å². The predicted molar refractivity (Wildman–Crippen MR) is 100 cm³/mol. The molecule has 3 nitrogen and oxygen atoms in total. The number of hydrogen-bond donors (Lipinski definition) is 0. The second-order valence-electron chi connectivity index (χ2n) is 7.33. The highest BCUT2D eigenvalue weighted by Gasteiger charge is 2.36. The van der Waals surface area contributed by atoms with Crippen molar-refractivity contribution in [2.24, 2.45) is 0 Å². The lowest BCUT2D eigenvalue weighted by atomic mass is 9.92. The van der Waals surface area contributed by atoms with Gasteiger partial charge in [-0.15, -0.1) is 0 Å². The SMILES string of the molecule is Cc1cccc(C2CCCN2S(=O)(=O)c2ccc3c(c2)CCCC3)c1. The molecule has 0 saturated carbocycles. The highest BCUT2D eigenvalue weighted by atomic mass is 32.2. The molecule has 0 N–H and O–H groups in total. The molecule has 0 bridgehead atoms. The summed E-state index contributed by atoms with van der Waals surface area (Å²) in [7, 11) is -3.45. The summed E-state index contributed by atoms with van der Waals surface area (Å²) in [5, 5.41) is 0. The minimum absolute atomic E-state index is 0.0408. The maximum atomic E-state index is 13.3. The zero-order valence-corrected chi connectivity index (χ0v) is 15.6. The van der Waals surface area contributed by atoms with Gasteiger partial charge in [0.2, 0.25) is 10.0 Å². The van der Waals surface area contributed by atoms with Gasteiger partial charge in [0, 0.05) is 6.54 Å². The van der Waals surface area contributed by atoms with Crippen LogP contribution >= 0.6 is 0 Å². The Morgan fingerprint density at radius 3 is 2.56 bits per heavy atom. The topological polar surface area (TPSA) is 37.4 Å². The molecule has 4 rings (SSSR count). The standard InChI is InChI=1S/C21H25NO2S/c1-16-6-4-9-19(14-16)21-10-5-13-22(21)25(23,24)20-12-11-17-7-2-3-8-18(17)15-20/h4,6,9,11-12,14-15,21H,2-3,5,7-8,10,13H2,1H3. The van der Waals surface area contributed by atoms with Gasteiger partial charge in [-0.3, -0.25) is 0 Å². The molecule has 1 unspecified atom stereocenters. The maximum absolute atomic E-state index is 13.3. The van der Waals surface area contributed by atoms with E-state index in [4.69, 9.17) is 0 Å². The second kappa shape index (κ2) is 6.58. The van der Waals surface area contributed by atoms with E-state index < -0.39 is 10.0 Å². The lowest BCUT2D eigenvalue weighted by molar-refractivity contribution is 0.396. The molecule has 132 valence electrons. The Kier molecular flexibility index (Phi) is 4.42. The number of benzene rings is 2. The van der Waals surface area contributed by atoms with Crippen molar-refractivity contribution in [3.63, 3.8) is 0 Å². The molecule has 25 heavy (non-hydrogen) atoms. The molecule has 1 heterocycles. The van der Waals surface area contributed by atoms with Gasteiger partial charge in [0.05, 0.1) is 10.9 Å². The van der Waals surface area contributed by atoms with Gasteiger partial charge in [0.1, 0.15) is 0 Å². The van der Waals surface area contributed by atoms with Crippen LogP contribution in [0.5, 0.6) is 0 Å².